The van der Waals surface area contributed by atoms with Crippen LogP contribution in [0.4, 0.5) is 0 Å². The summed E-state index contributed by atoms with van der Waals surface area (Å²) in [5, 5.41) is 3.43. The Kier molecular flexibility index (Phi) is 9.11. The van der Waals surface area contributed by atoms with Crippen molar-refractivity contribution in [1.29, 1.82) is 0 Å². The lowest BCUT2D eigenvalue weighted by atomic mass is 10.0. The molecule has 108 valence electrons. The maximum Gasteiger partial charge on any atom is 0.119 e. The molecule has 0 saturated heterocycles. The third kappa shape index (κ3) is 7.85. The maximum atomic E-state index is 5.70. The molecule has 0 aliphatic rings. The van der Waals surface area contributed by atoms with E-state index in [0.717, 1.165) is 44.4 Å². The lowest BCUT2D eigenvalue weighted by Gasteiger charge is -2.15. The lowest BCUT2D eigenvalue weighted by molar-refractivity contribution is 0.196. The van der Waals surface area contributed by atoms with E-state index < -0.39 is 0 Å². The van der Waals surface area contributed by atoms with Gasteiger partial charge in [0.2, 0.25) is 0 Å². The number of hydrogen-bond donors (Lipinski definition) is 1. The predicted octanol–water partition coefficient (Wildman–Crippen LogP) is 3.11. The standard InChI is InChI=1S/C16H27NO2/c1-3-15(14-17-11-13-18-2)8-7-12-19-16-9-5-4-6-10-16/h4-6,9-10,15,17H,3,7-8,11-14H2,1-2H3. The van der Waals surface area contributed by atoms with Crippen LogP contribution in [0.5, 0.6) is 5.75 Å². The smallest absolute Gasteiger partial charge is 0.119 e. The van der Waals surface area contributed by atoms with E-state index in [0.29, 0.717) is 0 Å². The Bertz CT molecular complexity index is 303. The van der Waals surface area contributed by atoms with E-state index in [-0.39, 0.29) is 0 Å². The van der Waals surface area contributed by atoms with Crippen LogP contribution < -0.4 is 10.1 Å². The molecule has 0 radical (unpaired) electrons. The van der Waals surface area contributed by atoms with Crippen molar-refractivity contribution in [2.45, 2.75) is 26.2 Å². The molecule has 1 atom stereocenters. The van der Waals surface area contributed by atoms with Crippen molar-refractivity contribution in [3.63, 3.8) is 0 Å². The van der Waals surface area contributed by atoms with Gasteiger partial charge in [-0.2, -0.15) is 0 Å². The van der Waals surface area contributed by atoms with Gasteiger partial charge in [0.15, 0.2) is 0 Å². The van der Waals surface area contributed by atoms with Crippen LogP contribution in [0.15, 0.2) is 30.3 Å². The first-order valence-corrected chi connectivity index (χ1v) is 7.24. The van der Waals surface area contributed by atoms with Crippen LogP contribution in [0.2, 0.25) is 0 Å². The maximum absolute atomic E-state index is 5.70. The topological polar surface area (TPSA) is 30.5 Å². The molecule has 0 aliphatic carbocycles. The largest absolute Gasteiger partial charge is 0.494 e. The van der Waals surface area contributed by atoms with Crippen LogP contribution in [0.1, 0.15) is 26.2 Å². The zero-order valence-electron chi connectivity index (χ0n) is 12.2. The van der Waals surface area contributed by atoms with Gasteiger partial charge in [0.05, 0.1) is 13.2 Å². The van der Waals surface area contributed by atoms with Gasteiger partial charge >= 0.3 is 0 Å². The van der Waals surface area contributed by atoms with Gasteiger partial charge in [-0.15, -0.1) is 0 Å². The summed E-state index contributed by atoms with van der Waals surface area (Å²) in [4.78, 5) is 0. The summed E-state index contributed by atoms with van der Waals surface area (Å²) in [6.45, 7) is 5.85. The Hall–Kier alpha value is -1.06. The molecule has 0 amide bonds. The van der Waals surface area contributed by atoms with Gasteiger partial charge in [-0.3, -0.25) is 0 Å². The fourth-order valence-electron chi connectivity index (χ4n) is 2.01. The van der Waals surface area contributed by atoms with Gasteiger partial charge < -0.3 is 14.8 Å². The molecule has 0 aromatic heterocycles. The van der Waals surface area contributed by atoms with Crippen molar-refractivity contribution in [1.82, 2.24) is 5.32 Å². The molecule has 1 rings (SSSR count). The van der Waals surface area contributed by atoms with Crippen LogP contribution >= 0.6 is 0 Å². The first-order chi connectivity index (χ1) is 9.36. The number of rotatable bonds is 11. The Morgan fingerprint density at radius 2 is 1.95 bits per heavy atom. The summed E-state index contributed by atoms with van der Waals surface area (Å²) in [6.07, 6.45) is 3.54. The zero-order valence-corrected chi connectivity index (χ0v) is 12.2. The van der Waals surface area contributed by atoms with Crippen LogP contribution in [-0.2, 0) is 4.74 Å². The molecule has 0 spiro atoms. The third-order valence-electron chi connectivity index (χ3n) is 3.26. The Morgan fingerprint density at radius 1 is 1.16 bits per heavy atom. The lowest BCUT2D eigenvalue weighted by Crippen LogP contribution is -2.26. The van der Waals surface area contributed by atoms with Crippen molar-refractivity contribution in [3.8, 4) is 5.75 Å². The average molecular weight is 265 g/mol. The molecule has 0 bridgehead atoms. The average Bonchev–Trinajstić information content (AvgIpc) is 2.46. The molecule has 1 N–H and O–H groups in total. The molecule has 0 aliphatic heterocycles. The normalized spacial score (nSPS) is 12.3. The molecule has 0 fully saturated rings. The molecule has 19 heavy (non-hydrogen) atoms. The van der Waals surface area contributed by atoms with Gasteiger partial charge in [0.25, 0.3) is 0 Å². The SMILES string of the molecule is CCC(CCCOc1ccccc1)CNCCOC. The van der Waals surface area contributed by atoms with Gasteiger partial charge in [0, 0.05) is 13.7 Å². The summed E-state index contributed by atoms with van der Waals surface area (Å²) in [5.74, 6) is 1.70. The highest BCUT2D eigenvalue weighted by Crippen LogP contribution is 2.12. The second-order valence-electron chi connectivity index (χ2n) is 4.77. The van der Waals surface area contributed by atoms with Crippen molar-refractivity contribution >= 4 is 0 Å². The zero-order chi connectivity index (χ0) is 13.8. The molecule has 3 nitrogen and oxygen atoms in total. The van der Waals surface area contributed by atoms with Crippen LogP contribution in [0, 0.1) is 5.92 Å². The fraction of sp³-hybridized carbons (Fsp3) is 0.625. The Balaban J connectivity index is 2.05. The second kappa shape index (κ2) is 10.8. The predicted molar refractivity (Wildman–Crippen MR) is 79.7 cm³/mol. The molecule has 0 heterocycles. The van der Waals surface area contributed by atoms with Crippen molar-refractivity contribution in [2.75, 3.05) is 33.4 Å². The van der Waals surface area contributed by atoms with Crippen LogP contribution in [0.3, 0.4) is 0 Å². The van der Waals surface area contributed by atoms with Gasteiger partial charge in [-0.05, 0) is 37.4 Å². The number of nitrogens with one attached hydrogen (secondary N) is 1. The third-order valence-corrected chi connectivity index (χ3v) is 3.26. The second-order valence-corrected chi connectivity index (χ2v) is 4.77. The van der Waals surface area contributed by atoms with E-state index >= 15 is 0 Å². The molecule has 3 heteroatoms. The first kappa shape index (κ1) is 16.0. The summed E-state index contributed by atoms with van der Waals surface area (Å²) < 4.78 is 10.7. The Morgan fingerprint density at radius 3 is 2.63 bits per heavy atom. The molecule has 1 aromatic carbocycles. The van der Waals surface area contributed by atoms with Gasteiger partial charge in [-0.1, -0.05) is 31.5 Å². The quantitative estimate of drug-likeness (QED) is 0.624. The van der Waals surface area contributed by atoms with Crippen molar-refractivity contribution < 1.29 is 9.47 Å². The highest BCUT2D eigenvalue weighted by molar-refractivity contribution is 5.20. The van der Waals surface area contributed by atoms with E-state index in [9.17, 15) is 0 Å². The van der Waals surface area contributed by atoms with E-state index in [1.165, 1.54) is 12.8 Å². The van der Waals surface area contributed by atoms with Crippen molar-refractivity contribution in [3.05, 3.63) is 30.3 Å². The Labute approximate surface area is 117 Å². The van der Waals surface area contributed by atoms with Gasteiger partial charge in [-0.25, -0.2) is 0 Å². The van der Waals surface area contributed by atoms with Gasteiger partial charge in [0.1, 0.15) is 5.75 Å². The van der Waals surface area contributed by atoms with E-state index in [2.05, 4.69) is 12.2 Å². The minimum atomic E-state index is 0.733. The number of benzene rings is 1. The molecular formula is C16H27NO2. The summed E-state index contributed by atoms with van der Waals surface area (Å²) in [5.41, 5.74) is 0. The molecule has 1 aromatic rings. The number of hydrogen-bond acceptors (Lipinski definition) is 3. The van der Waals surface area contributed by atoms with E-state index in [4.69, 9.17) is 9.47 Å². The summed E-state index contributed by atoms with van der Waals surface area (Å²) >= 11 is 0. The highest BCUT2D eigenvalue weighted by atomic mass is 16.5. The monoisotopic (exact) mass is 265 g/mol. The molecule has 1 unspecified atom stereocenters. The number of para-hydroxylation sites is 1. The minimum absolute atomic E-state index is 0.733. The van der Waals surface area contributed by atoms with Crippen molar-refractivity contribution in [2.24, 2.45) is 5.92 Å². The summed E-state index contributed by atoms with van der Waals surface area (Å²) in [7, 11) is 1.74. The van der Waals surface area contributed by atoms with E-state index in [1.54, 1.807) is 7.11 Å². The molecule has 0 saturated carbocycles. The highest BCUT2D eigenvalue weighted by Gasteiger charge is 2.05. The molecular weight excluding hydrogens is 238 g/mol. The van der Waals surface area contributed by atoms with Crippen LogP contribution in [-0.4, -0.2) is 33.4 Å². The van der Waals surface area contributed by atoms with E-state index in [1.807, 2.05) is 30.3 Å². The minimum Gasteiger partial charge on any atom is -0.494 e. The summed E-state index contributed by atoms with van der Waals surface area (Å²) in [6, 6.07) is 10.0. The van der Waals surface area contributed by atoms with Crippen LogP contribution in [0.25, 0.3) is 0 Å². The number of methoxy groups -OCH3 is 1. The fourth-order valence-corrected chi connectivity index (χ4v) is 2.01. The first-order valence-electron chi connectivity index (χ1n) is 7.24. The number of ether oxygens (including phenoxy) is 2.